The molecule has 0 radical (unpaired) electrons. The molecule has 0 spiro atoms. The Labute approximate surface area is 296 Å². The van der Waals surface area contributed by atoms with Crippen LogP contribution in [0.25, 0.3) is 5.53 Å². The molecule has 0 aromatic carbocycles. The summed E-state index contributed by atoms with van der Waals surface area (Å²) in [7, 11) is 0. The first-order valence-corrected chi connectivity index (χ1v) is 19.2. The fourth-order valence-electron chi connectivity index (χ4n) is 4.51. The van der Waals surface area contributed by atoms with Crippen molar-refractivity contribution in [2.45, 2.75) is 194 Å². The second-order valence-corrected chi connectivity index (χ2v) is 12.7. The summed E-state index contributed by atoms with van der Waals surface area (Å²) in [5.74, 6) is 2.75. The predicted molar refractivity (Wildman–Crippen MR) is 192 cm³/mol. The van der Waals surface area contributed by atoms with Crippen LogP contribution in [0.5, 0.6) is 0 Å². The van der Waals surface area contributed by atoms with Crippen molar-refractivity contribution >= 4 is 49.4 Å². The van der Waals surface area contributed by atoms with Gasteiger partial charge in [0, 0.05) is 13.3 Å². The van der Waals surface area contributed by atoms with E-state index in [1.807, 2.05) is 0 Å². The standard InChI is InChI=1S/C13H24N2OS.2C11H24S.Au/c1-12(15-14)13(16)10-8-6-4-2-3-5-7-9-11-17;2*1-2-3-4-5-6-7-8-9-10-11-12;/h17H,2-11H2,1H3;2*12H,2-11H2,1H3;/q;;;+3/p-3. The van der Waals surface area contributed by atoms with Crippen LogP contribution in [-0.4, -0.2) is 33.5 Å². The van der Waals surface area contributed by atoms with E-state index in [4.69, 9.17) is 43.4 Å². The molecule has 254 valence electrons. The molecule has 0 bridgehead atoms. The summed E-state index contributed by atoms with van der Waals surface area (Å²) in [6, 6.07) is 0. The molecule has 7 heteroatoms. The number of carbonyl (C=O) groups excluding carboxylic acids is 1. The number of Topliss-reactive ketones (excluding diaryl/α,β-unsaturated/α-hetero) is 1. The fraction of sp³-hybridized carbons (Fsp3) is 0.943. The Kier molecular flexibility index (Phi) is 57.7. The van der Waals surface area contributed by atoms with Gasteiger partial charge in [0.15, 0.2) is 0 Å². The van der Waals surface area contributed by atoms with Crippen molar-refractivity contribution in [2.75, 3.05) is 17.3 Å². The van der Waals surface area contributed by atoms with Gasteiger partial charge in [0.2, 0.25) is 5.78 Å². The van der Waals surface area contributed by atoms with Crippen molar-refractivity contribution < 1.29 is 32.0 Å². The molecule has 0 aromatic heterocycles. The van der Waals surface area contributed by atoms with E-state index in [9.17, 15) is 4.79 Å². The molecule has 0 aliphatic carbocycles. The molecular formula is C35H69AuN2OS3. The average molecular weight is 827 g/mol. The van der Waals surface area contributed by atoms with Crippen LogP contribution in [0.2, 0.25) is 0 Å². The molecule has 0 unspecified atom stereocenters. The maximum absolute atomic E-state index is 11.3. The molecule has 0 amide bonds. The van der Waals surface area contributed by atoms with Crippen LogP contribution in [0.15, 0.2) is 0 Å². The van der Waals surface area contributed by atoms with Crippen LogP contribution in [0, 0.1) is 0 Å². The summed E-state index contributed by atoms with van der Waals surface area (Å²) >= 11 is 14.7. The SMILES string of the molecule is CC(=[N+]=[N-])C(=O)CCCCCCCCCC[S-].CCCCCCCCCCC[S-].CCCCCCCCCCC[S-].[Au+3]. The normalized spacial score (nSPS) is 10.0. The van der Waals surface area contributed by atoms with Crippen molar-refractivity contribution in [1.82, 2.24) is 0 Å². The van der Waals surface area contributed by atoms with Crippen LogP contribution in [-0.2, 0) is 65.1 Å². The van der Waals surface area contributed by atoms with Gasteiger partial charge in [-0.05, 0) is 6.42 Å². The van der Waals surface area contributed by atoms with Crippen molar-refractivity contribution in [3.63, 3.8) is 0 Å². The Balaban J connectivity index is -0.000000261. The van der Waals surface area contributed by atoms with Gasteiger partial charge in [-0.25, -0.2) is 0 Å². The number of hydrogen-bond donors (Lipinski definition) is 0. The van der Waals surface area contributed by atoms with Crippen LogP contribution in [0.4, 0.5) is 0 Å². The second-order valence-electron chi connectivity index (χ2n) is 11.5. The Hall–Kier alpha value is 0.840. The summed E-state index contributed by atoms with van der Waals surface area (Å²) in [5, 5.41) is 0. The summed E-state index contributed by atoms with van der Waals surface area (Å²) in [6.07, 6.45) is 35.0. The molecule has 0 fully saturated rings. The van der Waals surface area contributed by atoms with Gasteiger partial charge < -0.3 is 43.4 Å². The van der Waals surface area contributed by atoms with Crippen LogP contribution in [0.1, 0.15) is 194 Å². The van der Waals surface area contributed by atoms with E-state index in [0.29, 0.717) is 6.42 Å². The van der Waals surface area contributed by atoms with Gasteiger partial charge in [0.25, 0.3) is 0 Å². The minimum absolute atomic E-state index is 0. The van der Waals surface area contributed by atoms with E-state index in [0.717, 1.165) is 30.1 Å². The van der Waals surface area contributed by atoms with Crippen molar-refractivity contribution in [3.05, 3.63) is 5.53 Å². The predicted octanol–water partition coefficient (Wildman–Crippen LogP) is 11.4. The van der Waals surface area contributed by atoms with Crippen molar-refractivity contribution in [1.29, 1.82) is 0 Å². The Morgan fingerprint density at radius 1 is 0.476 bits per heavy atom. The third-order valence-corrected chi connectivity index (χ3v) is 8.21. The number of hydrogen-bond acceptors (Lipinski definition) is 4. The molecule has 0 N–H and O–H groups in total. The van der Waals surface area contributed by atoms with E-state index in [1.54, 1.807) is 6.92 Å². The van der Waals surface area contributed by atoms with Crippen LogP contribution in [0.3, 0.4) is 0 Å². The van der Waals surface area contributed by atoms with Gasteiger partial charge >= 0.3 is 28.1 Å². The van der Waals surface area contributed by atoms with E-state index in [1.165, 1.54) is 154 Å². The topological polar surface area (TPSA) is 53.5 Å². The molecule has 0 aromatic rings. The average Bonchev–Trinajstić information content (AvgIpc) is 2.99. The monoisotopic (exact) mass is 826 g/mol. The zero-order valence-electron chi connectivity index (χ0n) is 28.0. The quantitative estimate of drug-likeness (QED) is 0.0188. The summed E-state index contributed by atoms with van der Waals surface area (Å²) in [5.41, 5.74) is 8.63. The minimum atomic E-state index is -0.0436. The molecule has 0 rings (SSSR count). The summed E-state index contributed by atoms with van der Waals surface area (Å²) < 4.78 is 0. The first-order chi connectivity index (χ1) is 20.0. The number of carbonyl (C=O) groups is 1. The van der Waals surface area contributed by atoms with E-state index < -0.39 is 0 Å². The van der Waals surface area contributed by atoms with Gasteiger partial charge in [-0.1, -0.05) is 174 Å². The van der Waals surface area contributed by atoms with Crippen molar-refractivity contribution in [3.8, 4) is 0 Å². The van der Waals surface area contributed by atoms with Gasteiger partial charge in [0.05, 0.1) is 0 Å². The maximum Gasteiger partial charge on any atom is 3.00 e. The third-order valence-electron chi connectivity index (χ3n) is 7.35. The largest absolute Gasteiger partial charge is 3.00 e. The number of unbranched alkanes of at least 4 members (excludes halogenated alkanes) is 23. The summed E-state index contributed by atoms with van der Waals surface area (Å²) in [6.45, 7) is 6.08. The van der Waals surface area contributed by atoms with Gasteiger partial charge in [-0.3, -0.25) is 4.79 Å². The zero-order chi connectivity index (χ0) is 31.1. The van der Waals surface area contributed by atoms with Gasteiger partial charge in [0.1, 0.15) is 0 Å². The molecule has 0 aliphatic rings. The molecule has 0 saturated heterocycles. The molecule has 0 heterocycles. The van der Waals surface area contributed by atoms with E-state index >= 15 is 0 Å². The molecule has 0 aliphatic heterocycles. The molecule has 42 heavy (non-hydrogen) atoms. The molecule has 3 nitrogen and oxygen atoms in total. The van der Waals surface area contributed by atoms with E-state index in [2.05, 4.69) is 18.6 Å². The van der Waals surface area contributed by atoms with E-state index in [-0.39, 0.29) is 33.9 Å². The zero-order valence-corrected chi connectivity index (χ0v) is 32.7. The maximum atomic E-state index is 11.3. The van der Waals surface area contributed by atoms with Crippen LogP contribution < -0.4 is 0 Å². The Morgan fingerprint density at radius 2 is 0.714 bits per heavy atom. The fourth-order valence-corrected chi connectivity index (χ4v) is 5.12. The van der Waals surface area contributed by atoms with Crippen LogP contribution >= 0.6 is 0 Å². The molecule has 0 atom stereocenters. The number of ketones is 1. The second kappa shape index (κ2) is 48.7. The number of nitrogens with zero attached hydrogens (tertiary/aromatic N) is 2. The number of rotatable bonds is 29. The first-order valence-electron chi connectivity index (χ1n) is 17.5. The first kappa shape index (κ1) is 49.7. The van der Waals surface area contributed by atoms with Gasteiger partial charge in [-0.15, -0.1) is 0 Å². The third kappa shape index (κ3) is 50.5. The minimum Gasteiger partial charge on any atom is -0.793 e. The molecular weight excluding hydrogens is 758 g/mol. The Bertz CT molecular complexity index is 506. The van der Waals surface area contributed by atoms with Crippen molar-refractivity contribution in [2.24, 2.45) is 0 Å². The summed E-state index contributed by atoms with van der Waals surface area (Å²) in [4.78, 5) is 14.2. The molecule has 0 saturated carbocycles. The smallest absolute Gasteiger partial charge is 0.793 e. The Morgan fingerprint density at radius 3 is 0.952 bits per heavy atom. The van der Waals surface area contributed by atoms with Gasteiger partial charge in [-0.2, -0.15) is 22.0 Å².